The highest BCUT2D eigenvalue weighted by molar-refractivity contribution is 7.80. The molecular formula is C20H21F3N2OS. The van der Waals surface area contributed by atoms with Gasteiger partial charge in [0.25, 0.3) is 0 Å². The molecule has 2 aromatic carbocycles. The van der Waals surface area contributed by atoms with Crippen molar-refractivity contribution in [3.05, 3.63) is 59.7 Å². The summed E-state index contributed by atoms with van der Waals surface area (Å²) in [5, 5.41) is 6.79. The summed E-state index contributed by atoms with van der Waals surface area (Å²) in [5.41, 5.74) is 0.681. The molecule has 0 radical (unpaired) electrons. The van der Waals surface area contributed by atoms with Gasteiger partial charge in [-0.1, -0.05) is 25.0 Å². The van der Waals surface area contributed by atoms with E-state index in [9.17, 15) is 13.2 Å². The molecule has 1 fully saturated rings. The fourth-order valence-corrected chi connectivity index (χ4v) is 3.81. The summed E-state index contributed by atoms with van der Waals surface area (Å²) in [4.78, 5) is 0. The van der Waals surface area contributed by atoms with Crippen LogP contribution >= 0.6 is 12.2 Å². The van der Waals surface area contributed by atoms with Crippen LogP contribution in [0.3, 0.4) is 0 Å². The second kappa shape index (κ2) is 7.76. The molecule has 0 aromatic heterocycles. The Bertz CT molecular complexity index is 782. The first-order valence-corrected chi connectivity index (χ1v) is 9.14. The minimum atomic E-state index is -4.35. The number of thiocarbonyl (C=S) groups is 1. The maximum atomic E-state index is 12.7. The Hall–Kier alpha value is -2.28. The lowest BCUT2D eigenvalue weighted by atomic mass is 9.88. The molecule has 7 heteroatoms. The minimum Gasteiger partial charge on any atom is -0.497 e. The summed E-state index contributed by atoms with van der Waals surface area (Å²) in [6.07, 6.45) is -0.300. The molecule has 1 aliphatic carbocycles. The van der Waals surface area contributed by atoms with E-state index >= 15 is 0 Å². The molecule has 3 nitrogen and oxygen atoms in total. The number of halogens is 3. The summed E-state index contributed by atoms with van der Waals surface area (Å²) < 4.78 is 43.3. The number of hydrogen-bond donors (Lipinski definition) is 2. The topological polar surface area (TPSA) is 33.3 Å². The summed E-state index contributed by atoms with van der Waals surface area (Å²) in [5.74, 6) is 0.789. The number of nitrogens with one attached hydrogen (secondary N) is 2. The van der Waals surface area contributed by atoms with Gasteiger partial charge in [-0.3, -0.25) is 0 Å². The number of alkyl halides is 3. The third-order valence-corrected chi connectivity index (χ3v) is 5.13. The summed E-state index contributed by atoms with van der Waals surface area (Å²) in [6.45, 7) is 0. The van der Waals surface area contributed by atoms with E-state index in [2.05, 4.69) is 10.6 Å². The second-order valence-corrected chi connectivity index (χ2v) is 7.08. The van der Waals surface area contributed by atoms with Crippen LogP contribution in [0.2, 0.25) is 0 Å². The van der Waals surface area contributed by atoms with Crippen LogP contribution in [0.25, 0.3) is 0 Å². The number of benzene rings is 2. The van der Waals surface area contributed by atoms with Crippen LogP contribution in [-0.4, -0.2) is 12.2 Å². The van der Waals surface area contributed by atoms with Crippen LogP contribution in [-0.2, 0) is 11.7 Å². The molecule has 1 aliphatic rings. The van der Waals surface area contributed by atoms with E-state index in [4.69, 9.17) is 17.0 Å². The first kappa shape index (κ1) is 19.5. The van der Waals surface area contributed by atoms with Gasteiger partial charge in [-0.15, -0.1) is 0 Å². The fourth-order valence-electron chi connectivity index (χ4n) is 3.50. The average Bonchev–Trinajstić information content (AvgIpc) is 3.11. The van der Waals surface area contributed by atoms with Gasteiger partial charge in [-0.25, -0.2) is 0 Å². The van der Waals surface area contributed by atoms with E-state index in [1.54, 1.807) is 7.11 Å². The normalized spacial score (nSPS) is 16.0. The molecule has 0 unspecified atom stereocenters. The molecule has 144 valence electrons. The molecule has 0 saturated heterocycles. The van der Waals surface area contributed by atoms with Gasteiger partial charge in [0, 0.05) is 5.69 Å². The Kier molecular flexibility index (Phi) is 5.60. The Morgan fingerprint density at radius 2 is 1.59 bits per heavy atom. The van der Waals surface area contributed by atoms with Crippen molar-refractivity contribution in [3.63, 3.8) is 0 Å². The molecule has 0 aliphatic heterocycles. The van der Waals surface area contributed by atoms with Gasteiger partial charge in [0.2, 0.25) is 0 Å². The molecule has 1 saturated carbocycles. The third-order valence-electron chi connectivity index (χ3n) is 4.92. The molecule has 0 atom stereocenters. The highest BCUT2D eigenvalue weighted by atomic mass is 32.1. The van der Waals surface area contributed by atoms with E-state index in [0.29, 0.717) is 10.8 Å². The van der Waals surface area contributed by atoms with Gasteiger partial charge in [0.1, 0.15) is 5.75 Å². The van der Waals surface area contributed by atoms with Gasteiger partial charge in [0.05, 0.1) is 18.2 Å². The molecule has 27 heavy (non-hydrogen) atoms. The Balaban J connectivity index is 1.72. The lowest BCUT2D eigenvalue weighted by Gasteiger charge is -2.32. The third kappa shape index (κ3) is 4.53. The Morgan fingerprint density at radius 3 is 2.11 bits per heavy atom. The molecule has 0 bridgehead atoms. The zero-order valence-electron chi connectivity index (χ0n) is 14.9. The average molecular weight is 394 g/mol. The van der Waals surface area contributed by atoms with Crippen LogP contribution in [0.1, 0.15) is 36.8 Å². The van der Waals surface area contributed by atoms with Crippen LogP contribution in [0.5, 0.6) is 5.75 Å². The fraction of sp³-hybridized carbons (Fsp3) is 0.350. The van der Waals surface area contributed by atoms with Gasteiger partial charge in [0.15, 0.2) is 5.11 Å². The van der Waals surface area contributed by atoms with Crippen molar-refractivity contribution in [2.24, 2.45) is 0 Å². The SMILES string of the molecule is COc1ccc(C2(NC(=S)Nc3ccc(C(F)(F)F)cc3)CCCC2)cc1. The molecule has 0 heterocycles. The number of rotatable bonds is 4. The van der Waals surface area contributed by atoms with Crippen LogP contribution in [0.15, 0.2) is 48.5 Å². The van der Waals surface area contributed by atoms with Gasteiger partial charge < -0.3 is 15.4 Å². The summed E-state index contributed by atoms with van der Waals surface area (Å²) >= 11 is 5.43. The van der Waals surface area contributed by atoms with E-state index in [-0.39, 0.29) is 5.54 Å². The highest BCUT2D eigenvalue weighted by Crippen LogP contribution is 2.39. The van der Waals surface area contributed by atoms with Crippen molar-refractivity contribution in [1.82, 2.24) is 5.32 Å². The zero-order chi connectivity index (χ0) is 19.5. The number of anilines is 1. The monoisotopic (exact) mass is 394 g/mol. The summed E-state index contributed by atoms with van der Waals surface area (Å²) in [7, 11) is 1.63. The quantitative estimate of drug-likeness (QED) is 0.674. The lowest BCUT2D eigenvalue weighted by molar-refractivity contribution is -0.137. The molecule has 2 N–H and O–H groups in total. The van der Waals surface area contributed by atoms with Gasteiger partial charge in [-0.2, -0.15) is 13.2 Å². The zero-order valence-corrected chi connectivity index (χ0v) is 15.7. The smallest absolute Gasteiger partial charge is 0.416 e. The van der Waals surface area contributed by atoms with E-state index in [1.165, 1.54) is 12.1 Å². The van der Waals surface area contributed by atoms with Gasteiger partial charge >= 0.3 is 6.18 Å². The van der Waals surface area contributed by atoms with E-state index in [0.717, 1.165) is 49.1 Å². The van der Waals surface area contributed by atoms with Crippen molar-refractivity contribution in [1.29, 1.82) is 0 Å². The van der Waals surface area contributed by atoms with Crippen molar-refractivity contribution in [3.8, 4) is 5.75 Å². The van der Waals surface area contributed by atoms with Crippen molar-refractivity contribution < 1.29 is 17.9 Å². The van der Waals surface area contributed by atoms with Gasteiger partial charge in [-0.05, 0) is 67.0 Å². The minimum absolute atomic E-state index is 0.276. The predicted octanol–water partition coefficient (Wildman–Crippen LogP) is 5.47. The van der Waals surface area contributed by atoms with Crippen molar-refractivity contribution in [2.45, 2.75) is 37.4 Å². The maximum Gasteiger partial charge on any atom is 0.416 e. The molecule has 0 amide bonds. The highest BCUT2D eigenvalue weighted by Gasteiger charge is 2.36. The number of methoxy groups -OCH3 is 1. The van der Waals surface area contributed by atoms with Crippen molar-refractivity contribution in [2.75, 3.05) is 12.4 Å². The standard InChI is InChI=1S/C20H21F3N2OS/c1-26-17-10-6-14(7-11-17)19(12-2-3-13-19)25-18(27)24-16-8-4-15(5-9-16)20(21,22)23/h4-11H,2-3,12-13H2,1H3,(H2,24,25,27). The number of hydrogen-bond acceptors (Lipinski definition) is 2. The molecule has 2 aromatic rings. The van der Waals surface area contributed by atoms with E-state index < -0.39 is 11.7 Å². The lowest BCUT2D eigenvalue weighted by Crippen LogP contribution is -2.45. The van der Waals surface area contributed by atoms with Crippen molar-refractivity contribution >= 4 is 23.0 Å². The van der Waals surface area contributed by atoms with Crippen LogP contribution in [0.4, 0.5) is 18.9 Å². The largest absolute Gasteiger partial charge is 0.497 e. The van der Waals surface area contributed by atoms with Crippen LogP contribution < -0.4 is 15.4 Å². The first-order chi connectivity index (χ1) is 12.8. The molecule has 3 rings (SSSR count). The first-order valence-electron chi connectivity index (χ1n) is 8.73. The second-order valence-electron chi connectivity index (χ2n) is 6.67. The summed E-state index contributed by atoms with van der Waals surface area (Å²) in [6, 6.07) is 12.7. The molecule has 0 spiro atoms. The van der Waals surface area contributed by atoms with Crippen LogP contribution in [0, 0.1) is 0 Å². The Morgan fingerprint density at radius 1 is 1.00 bits per heavy atom. The number of ether oxygens (including phenoxy) is 1. The molecular weight excluding hydrogens is 373 g/mol. The Labute approximate surface area is 161 Å². The van der Waals surface area contributed by atoms with E-state index in [1.807, 2.05) is 24.3 Å². The predicted molar refractivity (Wildman–Crippen MR) is 104 cm³/mol. The maximum absolute atomic E-state index is 12.7.